The van der Waals surface area contributed by atoms with Gasteiger partial charge < -0.3 is 0 Å². The van der Waals surface area contributed by atoms with Gasteiger partial charge in [-0.05, 0) is 6.42 Å². The third-order valence-electron chi connectivity index (χ3n) is 1.12. The van der Waals surface area contributed by atoms with Crippen LogP contribution in [-0.2, 0) is 0 Å². The maximum Gasteiger partial charge on any atom is 0.0711 e. The smallest absolute Gasteiger partial charge is 0.0711 e. The molecule has 0 aromatic carbocycles. The summed E-state index contributed by atoms with van der Waals surface area (Å²) >= 11 is 0. The Hall–Kier alpha value is -0.120. The van der Waals surface area contributed by atoms with Gasteiger partial charge >= 0.3 is 0 Å². The first-order valence-electron chi connectivity index (χ1n) is 2.65. The highest BCUT2D eigenvalue weighted by Gasteiger charge is 2.07. The molecule has 1 atom stereocenters. The summed E-state index contributed by atoms with van der Waals surface area (Å²) in [4.78, 5) is 0. The topological polar surface area (TPSA) is 36.1 Å². The van der Waals surface area contributed by atoms with Crippen molar-refractivity contribution in [3.05, 3.63) is 0 Å². The predicted molar refractivity (Wildman–Crippen MR) is 28.4 cm³/mol. The molecule has 0 radical (unpaired) electrons. The molecule has 0 aromatic heterocycles. The molecule has 1 aliphatic heterocycles. The largest absolute Gasteiger partial charge is 0.287 e. The molecule has 1 unspecified atom stereocenters. The van der Waals surface area contributed by atoms with E-state index >= 15 is 0 Å². The normalized spacial score (nSPS) is 31.3. The molecule has 0 spiro atoms. The minimum Gasteiger partial charge on any atom is -0.287 e. The fraction of sp³-hybridized carbons (Fsp3) is 1.00. The molecular weight excluding hydrogens is 90.1 g/mol. The lowest BCUT2D eigenvalue weighted by atomic mass is 10.4. The van der Waals surface area contributed by atoms with Crippen LogP contribution in [0.15, 0.2) is 0 Å². The molecule has 1 heterocycles. The van der Waals surface area contributed by atoms with E-state index in [-0.39, 0.29) is 0 Å². The minimum atomic E-state index is 0.486. The van der Waals surface area contributed by atoms with Crippen molar-refractivity contribution in [2.24, 2.45) is 0 Å². The van der Waals surface area contributed by atoms with Crippen LogP contribution in [0.5, 0.6) is 0 Å². The van der Waals surface area contributed by atoms with E-state index < -0.39 is 0 Å². The lowest BCUT2D eigenvalue weighted by molar-refractivity contribution is 0.513. The zero-order valence-electron chi connectivity index (χ0n) is 4.49. The van der Waals surface area contributed by atoms with Gasteiger partial charge in [0.15, 0.2) is 0 Å². The van der Waals surface area contributed by atoms with Gasteiger partial charge in [-0.3, -0.25) is 5.32 Å². The highest BCUT2D eigenvalue weighted by molar-refractivity contribution is 4.62. The van der Waals surface area contributed by atoms with Crippen LogP contribution in [0.1, 0.15) is 13.3 Å². The number of nitrogens with one attached hydrogen (secondary N) is 3. The van der Waals surface area contributed by atoms with Gasteiger partial charge in [0.05, 0.1) is 12.8 Å². The molecule has 1 fully saturated rings. The van der Waals surface area contributed by atoms with Gasteiger partial charge in [0, 0.05) is 0 Å². The third kappa shape index (κ3) is 1.12. The van der Waals surface area contributed by atoms with Crippen LogP contribution in [0.2, 0.25) is 0 Å². The third-order valence-corrected chi connectivity index (χ3v) is 1.12. The Morgan fingerprint density at radius 3 is 2.86 bits per heavy atom. The Balaban J connectivity index is 2.14. The predicted octanol–water partition coefficient (Wildman–Crippen LogP) is -0.623. The first-order valence-corrected chi connectivity index (χ1v) is 2.65. The van der Waals surface area contributed by atoms with Gasteiger partial charge in [0.1, 0.15) is 0 Å². The van der Waals surface area contributed by atoms with E-state index in [2.05, 4.69) is 23.1 Å². The highest BCUT2D eigenvalue weighted by atomic mass is 15.5. The number of hydrazine groups is 1. The maximum absolute atomic E-state index is 3.18. The standard InChI is InChI=1S/C4H11N3/c1-2-4-5-3-6-7-4/h4-7H,2-3H2,1H3. The maximum atomic E-state index is 3.18. The second-order valence-electron chi connectivity index (χ2n) is 1.66. The molecule has 3 N–H and O–H groups in total. The molecule has 0 saturated carbocycles. The van der Waals surface area contributed by atoms with Crippen LogP contribution in [0, 0.1) is 0 Å². The molecule has 0 aliphatic carbocycles. The van der Waals surface area contributed by atoms with Crippen LogP contribution in [0.3, 0.4) is 0 Å². The minimum absolute atomic E-state index is 0.486. The Bertz CT molecular complexity index is 48.9. The van der Waals surface area contributed by atoms with Crippen molar-refractivity contribution in [1.82, 2.24) is 16.2 Å². The van der Waals surface area contributed by atoms with E-state index in [0.717, 1.165) is 13.1 Å². The second kappa shape index (κ2) is 2.26. The van der Waals surface area contributed by atoms with E-state index in [0.29, 0.717) is 6.17 Å². The fourth-order valence-corrected chi connectivity index (χ4v) is 0.646. The van der Waals surface area contributed by atoms with Crippen molar-refractivity contribution in [3.8, 4) is 0 Å². The zero-order chi connectivity index (χ0) is 5.11. The lowest BCUT2D eigenvalue weighted by Crippen LogP contribution is -2.32. The van der Waals surface area contributed by atoms with Crippen molar-refractivity contribution in [2.45, 2.75) is 19.5 Å². The Morgan fingerprint density at radius 1 is 1.71 bits per heavy atom. The summed E-state index contributed by atoms with van der Waals surface area (Å²) in [5.74, 6) is 0. The van der Waals surface area contributed by atoms with Crippen LogP contribution in [-0.4, -0.2) is 12.8 Å². The first kappa shape index (κ1) is 5.03. The number of hydrogen-bond donors (Lipinski definition) is 3. The van der Waals surface area contributed by atoms with E-state index in [1.807, 2.05) is 0 Å². The van der Waals surface area contributed by atoms with Crippen molar-refractivity contribution < 1.29 is 0 Å². The van der Waals surface area contributed by atoms with Crippen LogP contribution >= 0.6 is 0 Å². The quantitative estimate of drug-likeness (QED) is 0.412. The molecule has 3 nitrogen and oxygen atoms in total. The number of hydrogen-bond acceptors (Lipinski definition) is 3. The van der Waals surface area contributed by atoms with Crippen LogP contribution in [0.4, 0.5) is 0 Å². The van der Waals surface area contributed by atoms with E-state index in [1.54, 1.807) is 0 Å². The Labute approximate surface area is 43.4 Å². The number of rotatable bonds is 1. The fourth-order valence-electron chi connectivity index (χ4n) is 0.646. The summed E-state index contributed by atoms with van der Waals surface area (Å²) in [7, 11) is 0. The summed E-state index contributed by atoms with van der Waals surface area (Å²) in [6.07, 6.45) is 1.62. The zero-order valence-corrected chi connectivity index (χ0v) is 4.49. The molecule has 1 saturated heterocycles. The van der Waals surface area contributed by atoms with Gasteiger partial charge in [0.25, 0.3) is 0 Å². The average molecular weight is 101 g/mol. The van der Waals surface area contributed by atoms with Crippen molar-refractivity contribution in [1.29, 1.82) is 0 Å². The molecule has 7 heavy (non-hydrogen) atoms. The molecule has 3 heteroatoms. The van der Waals surface area contributed by atoms with Gasteiger partial charge in [-0.15, -0.1) is 0 Å². The van der Waals surface area contributed by atoms with Gasteiger partial charge in [0.2, 0.25) is 0 Å². The van der Waals surface area contributed by atoms with E-state index in [4.69, 9.17) is 0 Å². The van der Waals surface area contributed by atoms with Gasteiger partial charge in [-0.2, -0.15) is 0 Å². The molecule has 1 rings (SSSR count). The van der Waals surface area contributed by atoms with E-state index in [1.165, 1.54) is 0 Å². The van der Waals surface area contributed by atoms with Crippen molar-refractivity contribution in [3.63, 3.8) is 0 Å². The molecule has 0 aromatic rings. The first-order chi connectivity index (χ1) is 3.43. The van der Waals surface area contributed by atoms with E-state index in [9.17, 15) is 0 Å². The molecular formula is C4H11N3. The summed E-state index contributed by atoms with van der Waals surface area (Å²) < 4.78 is 0. The van der Waals surface area contributed by atoms with Gasteiger partial charge in [-0.25, -0.2) is 10.9 Å². The summed E-state index contributed by atoms with van der Waals surface area (Å²) in [5, 5.41) is 3.18. The summed E-state index contributed by atoms with van der Waals surface area (Å²) in [6, 6.07) is 0. The van der Waals surface area contributed by atoms with Crippen LogP contribution < -0.4 is 16.2 Å². The highest BCUT2D eigenvalue weighted by Crippen LogP contribution is 1.84. The summed E-state index contributed by atoms with van der Waals surface area (Å²) in [5.41, 5.74) is 6.01. The second-order valence-corrected chi connectivity index (χ2v) is 1.66. The monoisotopic (exact) mass is 101 g/mol. The molecule has 1 aliphatic rings. The van der Waals surface area contributed by atoms with Crippen molar-refractivity contribution >= 4 is 0 Å². The molecule has 0 bridgehead atoms. The van der Waals surface area contributed by atoms with Crippen LogP contribution in [0.25, 0.3) is 0 Å². The average Bonchev–Trinajstić information content (AvgIpc) is 2.14. The lowest BCUT2D eigenvalue weighted by Gasteiger charge is -2.02. The van der Waals surface area contributed by atoms with Gasteiger partial charge in [-0.1, -0.05) is 6.92 Å². The SMILES string of the molecule is CCC1NCNN1. The van der Waals surface area contributed by atoms with Crippen molar-refractivity contribution in [2.75, 3.05) is 6.67 Å². The molecule has 0 amide bonds. The Morgan fingerprint density at radius 2 is 2.57 bits per heavy atom. The molecule has 42 valence electrons. The summed E-state index contributed by atoms with van der Waals surface area (Å²) in [6.45, 7) is 3.02. The Kier molecular flexibility index (Phi) is 1.62.